The molecule has 2 N–H and O–H groups in total. The molecule has 2 atom stereocenters. The molecule has 0 saturated carbocycles. The molecular formula is C11H20N2O. The van der Waals surface area contributed by atoms with Crippen molar-refractivity contribution in [1.82, 2.24) is 9.88 Å². The van der Waals surface area contributed by atoms with Crippen LogP contribution in [0.3, 0.4) is 0 Å². The quantitative estimate of drug-likeness (QED) is 0.751. The van der Waals surface area contributed by atoms with Gasteiger partial charge in [-0.15, -0.1) is 0 Å². The summed E-state index contributed by atoms with van der Waals surface area (Å²) >= 11 is 0. The third kappa shape index (κ3) is 2.36. The molecule has 0 aromatic carbocycles. The second-order valence-electron chi connectivity index (χ2n) is 3.88. The molecule has 0 fully saturated rings. The highest BCUT2D eigenvalue weighted by molar-refractivity contribution is 5.10. The molecule has 1 aromatic heterocycles. The molecule has 0 saturated heterocycles. The highest BCUT2D eigenvalue weighted by Crippen LogP contribution is 2.27. The SMILES string of the molecule is CCC(CO)C(c1ccc[nH]1)N(C)C. The van der Waals surface area contributed by atoms with Gasteiger partial charge >= 0.3 is 0 Å². The van der Waals surface area contributed by atoms with E-state index in [1.54, 1.807) is 0 Å². The summed E-state index contributed by atoms with van der Waals surface area (Å²) < 4.78 is 0. The Labute approximate surface area is 85.7 Å². The maximum atomic E-state index is 9.30. The average Bonchev–Trinajstić information content (AvgIpc) is 2.65. The Morgan fingerprint density at radius 2 is 2.21 bits per heavy atom. The van der Waals surface area contributed by atoms with E-state index in [9.17, 15) is 5.11 Å². The predicted octanol–water partition coefficient (Wildman–Crippen LogP) is 1.64. The first-order valence-electron chi connectivity index (χ1n) is 5.11. The molecule has 0 aliphatic carbocycles. The number of aliphatic hydroxyl groups excluding tert-OH is 1. The Balaban J connectivity index is 2.84. The summed E-state index contributed by atoms with van der Waals surface area (Å²) in [5.74, 6) is 0.295. The molecule has 1 rings (SSSR count). The van der Waals surface area contributed by atoms with Crippen LogP contribution in [0.4, 0.5) is 0 Å². The molecule has 0 amide bonds. The molecule has 3 heteroatoms. The Kier molecular flexibility index (Phi) is 4.17. The monoisotopic (exact) mass is 196 g/mol. The van der Waals surface area contributed by atoms with E-state index in [1.165, 1.54) is 5.69 Å². The molecule has 2 unspecified atom stereocenters. The summed E-state index contributed by atoms with van der Waals surface area (Å²) in [6.45, 7) is 2.35. The zero-order valence-corrected chi connectivity index (χ0v) is 9.20. The molecule has 0 aliphatic rings. The minimum absolute atomic E-state index is 0.234. The summed E-state index contributed by atoms with van der Waals surface area (Å²) in [7, 11) is 4.09. The molecule has 0 spiro atoms. The maximum Gasteiger partial charge on any atom is 0.0543 e. The minimum atomic E-state index is 0.234. The summed E-state index contributed by atoms with van der Waals surface area (Å²) in [5.41, 5.74) is 1.18. The summed E-state index contributed by atoms with van der Waals surface area (Å²) in [6, 6.07) is 4.35. The highest BCUT2D eigenvalue weighted by Gasteiger charge is 2.23. The van der Waals surface area contributed by atoms with Crippen LogP contribution in [0.5, 0.6) is 0 Å². The van der Waals surface area contributed by atoms with Gasteiger partial charge < -0.3 is 15.0 Å². The lowest BCUT2D eigenvalue weighted by Crippen LogP contribution is -2.29. The van der Waals surface area contributed by atoms with Gasteiger partial charge in [-0.25, -0.2) is 0 Å². The highest BCUT2D eigenvalue weighted by atomic mass is 16.3. The van der Waals surface area contributed by atoms with E-state index < -0.39 is 0 Å². The van der Waals surface area contributed by atoms with Gasteiger partial charge in [0.05, 0.1) is 6.04 Å². The van der Waals surface area contributed by atoms with E-state index in [4.69, 9.17) is 0 Å². The number of hydrogen-bond donors (Lipinski definition) is 2. The minimum Gasteiger partial charge on any atom is -0.396 e. The van der Waals surface area contributed by atoms with Gasteiger partial charge in [-0.2, -0.15) is 0 Å². The van der Waals surface area contributed by atoms with Crippen molar-refractivity contribution in [1.29, 1.82) is 0 Å². The number of nitrogens with one attached hydrogen (secondary N) is 1. The first-order chi connectivity index (χ1) is 6.70. The van der Waals surface area contributed by atoms with Gasteiger partial charge in [0.2, 0.25) is 0 Å². The zero-order chi connectivity index (χ0) is 10.6. The first kappa shape index (κ1) is 11.3. The van der Waals surface area contributed by atoms with Crippen LogP contribution in [-0.2, 0) is 0 Å². The average molecular weight is 196 g/mol. The molecule has 0 bridgehead atoms. The smallest absolute Gasteiger partial charge is 0.0543 e. The fourth-order valence-electron chi connectivity index (χ4n) is 1.93. The van der Waals surface area contributed by atoms with Crippen molar-refractivity contribution in [2.75, 3.05) is 20.7 Å². The van der Waals surface area contributed by atoms with Crippen LogP contribution in [0, 0.1) is 5.92 Å². The van der Waals surface area contributed by atoms with Gasteiger partial charge in [-0.1, -0.05) is 6.92 Å². The normalized spacial score (nSPS) is 15.8. The first-order valence-corrected chi connectivity index (χ1v) is 5.11. The van der Waals surface area contributed by atoms with Gasteiger partial charge in [-0.05, 0) is 32.6 Å². The predicted molar refractivity (Wildman–Crippen MR) is 58.1 cm³/mol. The Hall–Kier alpha value is -0.800. The van der Waals surface area contributed by atoms with Crippen molar-refractivity contribution in [3.8, 4) is 0 Å². The molecule has 14 heavy (non-hydrogen) atoms. The number of nitrogens with zero attached hydrogens (tertiary/aromatic N) is 1. The van der Waals surface area contributed by atoms with Gasteiger partial charge in [0.1, 0.15) is 0 Å². The zero-order valence-electron chi connectivity index (χ0n) is 9.20. The van der Waals surface area contributed by atoms with Crippen molar-refractivity contribution < 1.29 is 5.11 Å². The number of aromatic amines is 1. The van der Waals surface area contributed by atoms with Crippen molar-refractivity contribution >= 4 is 0 Å². The van der Waals surface area contributed by atoms with E-state index in [-0.39, 0.29) is 12.6 Å². The molecule has 80 valence electrons. The van der Waals surface area contributed by atoms with Crippen LogP contribution in [0.15, 0.2) is 18.3 Å². The van der Waals surface area contributed by atoms with Crippen LogP contribution in [0.1, 0.15) is 25.1 Å². The number of aliphatic hydroxyl groups is 1. The molecule has 3 nitrogen and oxygen atoms in total. The maximum absolute atomic E-state index is 9.30. The molecule has 0 radical (unpaired) electrons. The fraction of sp³-hybridized carbons (Fsp3) is 0.636. The third-order valence-electron chi connectivity index (χ3n) is 2.70. The van der Waals surface area contributed by atoms with E-state index in [0.29, 0.717) is 5.92 Å². The van der Waals surface area contributed by atoms with Crippen LogP contribution in [0.2, 0.25) is 0 Å². The fourth-order valence-corrected chi connectivity index (χ4v) is 1.93. The lowest BCUT2D eigenvalue weighted by molar-refractivity contribution is 0.128. The topological polar surface area (TPSA) is 39.3 Å². The lowest BCUT2D eigenvalue weighted by atomic mass is 9.94. The standard InChI is InChI=1S/C11H20N2O/c1-4-9(8-14)11(13(2)3)10-6-5-7-12-10/h5-7,9,11-12,14H,4,8H2,1-3H3. The number of rotatable bonds is 5. The van der Waals surface area contributed by atoms with Gasteiger partial charge in [0.15, 0.2) is 0 Å². The second-order valence-corrected chi connectivity index (χ2v) is 3.88. The van der Waals surface area contributed by atoms with Crippen LogP contribution >= 0.6 is 0 Å². The Morgan fingerprint density at radius 1 is 1.50 bits per heavy atom. The second kappa shape index (κ2) is 5.17. The number of aromatic nitrogens is 1. The molecule has 0 aliphatic heterocycles. The lowest BCUT2D eigenvalue weighted by Gasteiger charge is -2.30. The van der Waals surface area contributed by atoms with Crippen LogP contribution < -0.4 is 0 Å². The molecular weight excluding hydrogens is 176 g/mol. The Bertz CT molecular complexity index is 240. The summed E-state index contributed by atoms with van der Waals surface area (Å²) in [6.07, 6.45) is 2.91. The van der Waals surface area contributed by atoms with E-state index in [0.717, 1.165) is 6.42 Å². The van der Waals surface area contributed by atoms with E-state index in [1.807, 2.05) is 26.4 Å². The summed E-state index contributed by atoms with van der Waals surface area (Å²) in [4.78, 5) is 5.36. The molecule has 1 heterocycles. The molecule has 1 aromatic rings. The van der Waals surface area contributed by atoms with Gasteiger partial charge in [0.25, 0.3) is 0 Å². The number of H-pyrrole nitrogens is 1. The van der Waals surface area contributed by atoms with Crippen molar-refractivity contribution in [3.05, 3.63) is 24.0 Å². The van der Waals surface area contributed by atoms with Crippen LogP contribution in [-0.4, -0.2) is 35.7 Å². The van der Waals surface area contributed by atoms with Gasteiger partial charge in [-0.3, -0.25) is 0 Å². The van der Waals surface area contributed by atoms with Crippen molar-refractivity contribution in [2.45, 2.75) is 19.4 Å². The Morgan fingerprint density at radius 3 is 2.57 bits per heavy atom. The van der Waals surface area contributed by atoms with Crippen molar-refractivity contribution in [2.24, 2.45) is 5.92 Å². The van der Waals surface area contributed by atoms with E-state index >= 15 is 0 Å². The van der Waals surface area contributed by atoms with Gasteiger partial charge in [0, 0.05) is 24.4 Å². The third-order valence-corrected chi connectivity index (χ3v) is 2.70. The van der Waals surface area contributed by atoms with E-state index in [2.05, 4.69) is 22.9 Å². The largest absolute Gasteiger partial charge is 0.396 e. The number of hydrogen-bond acceptors (Lipinski definition) is 2. The summed E-state index contributed by atoms with van der Waals surface area (Å²) in [5, 5.41) is 9.30. The van der Waals surface area contributed by atoms with Crippen LogP contribution in [0.25, 0.3) is 0 Å². The van der Waals surface area contributed by atoms with Crippen molar-refractivity contribution in [3.63, 3.8) is 0 Å².